The Hall–Kier alpha value is -1.10. The van der Waals surface area contributed by atoms with Gasteiger partial charge in [0.25, 0.3) is 5.91 Å². The average Bonchev–Trinajstić information content (AvgIpc) is 2.33. The van der Waals surface area contributed by atoms with Crippen LogP contribution in [0.2, 0.25) is 5.02 Å². The van der Waals surface area contributed by atoms with Gasteiger partial charge in [0.1, 0.15) is 6.10 Å². The average molecular weight is 255 g/mol. The normalized spacial score (nSPS) is 20.8. The van der Waals surface area contributed by atoms with Crippen LogP contribution in [-0.4, -0.2) is 31.7 Å². The lowest BCUT2D eigenvalue weighted by atomic mass is 10.2. The third-order valence-corrected chi connectivity index (χ3v) is 3.26. The number of aryl methyl sites for hydroxylation is 1. The molecular formula is C12H15ClN2O2. The van der Waals surface area contributed by atoms with Crippen LogP contribution in [0.15, 0.2) is 18.2 Å². The number of ether oxygens (including phenoxy) is 1. The number of benzene rings is 1. The molecule has 0 aliphatic carbocycles. The molecule has 1 aromatic carbocycles. The summed E-state index contributed by atoms with van der Waals surface area (Å²) >= 11 is 6.06. The lowest BCUT2D eigenvalue weighted by molar-refractivity contribution is -0.133. The molecule has 1 heterocycles. The molecule has 92 valence electrons. The first-order valence-electron chi connectivity index (χ1n) is 5.52. The maximum absolute atomic E-state index is 12.0. The standard InChI is InChI=1S/C12H15ClN2O2/c1-8-2-3-9(6-10(8)13)15-4-5-17-11(7-14)12(15)16/h2-3,6,11H,4-5,7,14H2,1H3. The van der Waals surface area contributed by atoms with Crippen LogP contribution in [-0.2, 0) is 9.53 Å². The Bertz CT molecular complexity index is 437. The molecule has 1 aliphatic rings. The third kappa shape index (κ3) is 2.44. The number of nitrogens with zero attached hydrogens (tertiary/aromatic N) is 1. The van der Waals surface area contributed by atoms with Crippen LogP contribution in [0.4, 0.5) is 5.69 Å². The van der Waals surface area contributed by atoms with Gasteiger partial charge in [-0.15, -0.1) is 0 Å². The number of hydrogen-bond acceptors (Lipinski definition) is 3. The van der Waals surface area contributed by atoms with Crippen LogP contribution >= 0.6 is 11.6 Å². The summed E-state index contributed by atoms with van der Waals surface area (Å²) in [7, 11) is 0. The number of amides is 1. The predicted molar refractivity (Wildman–Crippen MR) is 67.3 cm³/mol. The van der Waals surface area contributed by atoms with Gasteiger partial charge in [-0.25, -0.2) is 0 Å². The van der Waals surface area contributed by atoms with E-state index in [1.807, 2.05) is 19.1 Å². The molecule has 0 spiro atoms. The van der Waals surface area contributed by atoms with Crippen molar-refractivity contribution in [1.29, 1.82) is 0 Å². The van der Waals surface area contributed by atoms with Crippen molar-refractivity contribution in [2.24, 2.45) is 5.73 Å². The summed E-state index contributed by atoms with van der Waals surface area (Å²) in [6, 6.07) is 5.59. The number of nitrogens with two attached hydrogens (primary N) is 1. The van der Waals surface area contributed by atoms with Crippen molar-refractivity contribution in [2.45, 2.75) is 13.0 Å². The minimum atomic E-state index is -0.538. The highest BCUT2D eigenvalue weighted by Gasteiger charge is 2.29. The quantitative estimate of drug-likeness (QED) is 0.867. The van der Waals surface area contributed by atoms with Crippen LogP contribution in [0.1, 0.15) is 5.56 Å². The molecule has 5 heteroatoms. The molecule has 1 aliphatic heterocycles. The number of anilines is 1. The van der Waals surface area contributed by atoms with Gasteiger partial charge in [0.15, 0.2) is 0 Å². The van der Waals surface area contributed by atoms with E-state index in [2.05, 4.69) is 0 Å². The molecule has 0 aromatic heterocycles. The van der Waals surface area contributed by atoms with Gasteiger partial charge in [0.2, 0.25) is 0 Å². The summed E-state index contributed by atoms with van der Waals surface area (Å²) in [6.45, 7) is 3.17. The summed E-state index contributed by atoms with van der Waals surface area (Å²) in [4.78, 5) is 13.7. The predicted octanol–water partition coefficient (Wildman–Crippen LogP) is 1.34. The van der Waals surface area contributed by atoms with E-state index < -0.39 is 6.10 Å². The zero-order chi connectivity index (χ0) is 12.4. The fraction of sp³-hybridized carbons (Fsp3) is 0.417. The van der Waals surface area contributed by atoms with Gasteiger partial charge in [0.05, 0.1) is 6.61 Å². The first kappa shape index (κ1) is 12.4. The number of rotatable bonds is 2. The minimum absolute atomic E-state index is 0.0985. The van der Waals surface area contributed by atoms with Crippen molar-refractivity contribution in [2.75, 3.05) is 24.6 Å². The molecule has 1 atom stereocenters. The Morgan fingerprint density at radius 1 is 1.59 bits per heavy atom. The molecule has 0 bridgehead atoms. The van der Waals surface area contributed by atoms with Gasteiger partial charge in [-0.05, 0) is 24.6 Å². The van der Waals surface area contributed by atoms with E-state index in [9.17, 15) is 4.79 Å². The number of halogens is 1. The molecule has 1 saturated heterocycles. The van der Waals surface area contributed by atoms with Gasteiger partial charge in [-0.1, -0.05) is 17.7 Å². The Morgan fingerprint density at radius 3 is 3.00 bits per heavy atom. The van der Waals surface area contributed by atoms with Crippen LogP contribution in [0, 0.1) is 6.92 Å². The molecule has 1 amide bonds. The molecule has 1 fully saturated rings. The van der Waals surface area contributed by atoms with E-state index >= 15 is 0 Å². The highest BCUT2D eigenvalue weighted by molar-refractivity contribution is 6.31. The van der Waals surface area contributed by atoms with Crippen LogP contribution in [0.3, 0.4) is 0 Å². The van der Waals surface area contributed by atoms with E-state index in [0.717, 1.165) is 11.3 Å². The fourth-order valence-corrected chi connectivity index (χ4v) is 1.99. The monoisotopic (exact) mass is 254 g/mol. The first-order chi connectivity index (χ1) is 8.13. The topological polar surface area (TPSA) is 55.6 Å². The minimum Gasteiger partial charge on any atom is -0.365 e. The second-order valence-corrected chi connectivity index (χ2v) is 4.43. The van der Waals surface area contributed by atoms with Crippen molar-refractivity contribution < 1.29 is 9.53 Å². The lowest BCUT2D eigenvalue weighted by Crippen LogP contribution is -2.50. The summed E-state index contributed by atoms with van der Waals surface area (Å²) in [5.74, 6) is -0.0985. The maximum atomic E-state index is 12.0. The highest BCUT2D eigenvalue weighted by Crippen LogP contribution is 2.25. The van der Waals surface area contributed by atoms with E-state index in [1.165, 1.54) is 0 Å². The number of carbonyl (C=O) groups excluding carboxylic acids is 1. The molecule has 4 nitrogen and oxygen atoms in total. The molecule has 17 heavy (non-hydrogen) atoms. The molecule has 2 N–H and O–H groups in total. The summed E-state index contributed by atoms with van der Waals surface area (Å²) in [5.41, 5.74) is 7.28. The van der Waals surface area contributed by atoms with E-state index in [4.69, 9.17) is 22.1 Å². The second kappa shape index (κ2) is 5.04. The van der Waals surface area contributed by atoms with Gasteiger partial charge in [0, 0.05) is 23.8 Å². The largest absolute Gasteiger partial charge is 0.365 e. The zero-order valence-corrected chi connectivity index (χ0v) is 10.4. The highest BCUT2D eigenvalue weighted by atomic mass is 35.5. The Balaban J connectivity index is 2.26. The smallest absolute Gasteiger partial charge is 0.257 e. The van der Waals surface area contributed by atoms with Crippen LogP contribution in [0.25, 0.3) is 0 Å². The summed E-state index contributed by atoms with van der Waals surface area (Å²) in [5, 5.41) is 0.658. The number of hydrogen-bond donors (Lipinski definition) is 1. The van der Waals surface area contributed by atoms with Gasteiger partial charge >= 0.3 is 0 Å². The fourth-order valence-electron chi connectivity index (χ4n) is 1.82. The SMILES string of the molecule is Cc1ccc(N2CCOC(CN)C2=O)cc1Cl. The van der Waals surface area contributed by atoms with Crippen LogP contribution in [0.5, 0.6) is 0 Å². The van der Waals surface area contributed by atoms with Crippen LogP contribution < -0.4 is 10.6 Å². The zero-order valence-electron chi connectivity index (χ0n) is 9.65. The Morgan fingerprint density at radius 2 is 2.35 bits per heavy atom. The molecule has 2 rings (SSSR count). The molecular weight excluding hydrogens is 240 g/mol. The second-order valence-electron chi connectivity index (χ2n) is 4.02. The molecule has 0 saturated carbocycles. The van der Waals surface area contributed by atoms with Gasteiger partial charge in [-0.3, -0.25) is 4.79 Å². The lowest BCUT2D eigenvalue weighted by Gasteiger charge is -2.32. The van der Waals surface area contributed by atoms with Gasteiger partial charge in [-0.2, -0.15) is 0 Å². The molecule has 1 unspecified atom stereocenters. The molecule has 1 aromatic rings. The van der Waals surface area contributed by atoms with E-state index in [-0.39, 0.29) is 12.5 Å². The first-order valence-corrected chi connectivity index (χ1v) is 5.90. The third-order valence-electron chi connectivity index (χ3n) is 2.86. The summed E-state index contributed by atoms with van der Waals surface area (Å²) in [6.07, 6.45) is -0.538. The van der Waals surface area contributed by atoms with E-state index in [0.29, 0.717) is 18.2 Å². The van der Waals surface area contributed by atoms with Crippen molar-refractivity contribution >= 4 is 23.2 Å². The Labute approximate surface area is 105 Å². The van der Waals surface area contributed by atoms with Crippen molar-refractivity contribution in [1.82, 2.24) is 0 Å². The number of morpholine rings is 1. The number of carbonyl (C=O) groups is 1. The van der Waals surface area contributed by atoms with Crippen molar-refractivity contribution in [3.8, 4) is 0 Å². The van der Waals surface area contributed by atoms with Crippen molar-refractivity contribution in [3.05, 3.63) is 28.8 Å². The molecule has 0 radical (unpaired) electrons. The van der Waals surface area contributed by atoms with Crippen molar-refractivity contribution in [3.63, 3.8) is 0 Å². The van der Waals surface area contributed by atoms with Gasteiger partial charge < -0.3 is 15.4 Å². The Kier molecular flexibility index (Phi) is 3.66. The maximum Gasteiger partial charge on any atom is 0.257 e. The van der Waals surface area contributed by atoms with E-state index in [1.54, 1.807) is 11.0 Å². The summed E-state index contributed by atoms with van der Waals surface area (Å²) < 4.78 is 5.30.